The highest BCUT2D eigenvalue weighted by Crippen LogP contribution is 2.18. The van der Waals surface area contributed by atoms with E-state index in [9.17, 15) is 0 Å². The van der Waals surface area contributed by atoms with Crippen LogP contribution in [0, 0.1) is 6.92 Å². The van der Waals surface area contributed by atoms with Crippen LogP contribution in [0.25, 0.3) is 0 Å². The van der Waals surface area contributed by atoms with Gasteiger partial charge in [0.25, 0.3) is 0 Å². The quantitative estimate of drug-likeness (QED) is 0.773. The van der Waals surface area contributed by atoms with Crippen molar-refractivity contribution in [2.75, 3.05) is 33.4 Å². The van der Waals surface area contributed by atoms with E-state index in [4.69, 9.17) is 9.15 Å². The van der Waals surface area contributed by atoms with Gasteiger partial charge in [-0.25, -0.2) is 0 Å². The molecule has 1 unspecified atom stereocenters. The molecule has 0 spiro atoms. The third kappa shape index (κ3) is 3.34. The summed E-state index contributed by atoms with van der Waals surface area (Å²) < 4.78 is 10.7. The van der Waals surface area contributed by atoms with Gasteiger partial charge in [-0.05, 0) is 25.5 Å². The van der Waals surface area contributed by atoms with E-state index in [2.05, 4.69) is 15.6 Å². The van der Waals surface area contributed by atoms with E-state index in [1.54, 1.807) is 7.11 Å². The molecule has 1 atom stereocenters. The summed E-state index contributed by atoms with van der Waals surface area (Å²) in [4.78, 5) is 4.54. The minimum Gasteiger partial charge on any atom is -0.464 e. The van der Waals surface area contributed by atoms with Crippen LogP contribution in [-0.4, -0.2) is 39.2 Å². The molecular weight excluding hydrogens is 230 g/mol. The number of furan rings is 1. The van der Waals surface area contributed by atoms with Gasteiger partial charge in [0, 0.05) is 26.8 Å². The van der Waals surface area contributed by atoms with Gasteiger partial charge in [0.2, 0.25) is 0 Å². The van der Waals surface area contributed by atoms with Crippen molar-refractivity contribution in [3.8, 4) is 0 Å². The van der Waals surface area contributed by atoms with Crippen molar-refractivity contribution >= 4 is 5.84 Å². The highest BCUT2D eigenvalue weighted by atomic mass is 16.5. The molecule has 1 aromatic rings. The highest BCUT2D eigenvalue weighted by molar-refractivity contribution is 5.88. The maximum absolute atomic E-state index is 5.67. The Kier molecular flexibility index (Phi) is 4.78. The first-order valence-corrected chi connectivity index (χ1v) is 6.38. The minimum absolute atomic E-state index is 0.0509. The first kappa shape index (κ1) is 13.1. The number of amidine groups is 1. The van der Waals surface area contributed by atoms with Crippen LogP contribution in [0.2, 0.25) is 0 Å². The molecule has 100 valence electrons. The monoisotopic (exact) mass is 251 g/mol. The van der Waals surface area contributed by atoms with E-state index >= 15 is 0 Å². The lowest BCUT2D eigenvalue weighted by Gasteiger charge is -2.24. The number of methoxy groups -OCH3 is 1. The minimum atomic E-state index is 0.0509. The van der Waals surface area contributed by atoms with Crippen LogP contribution in [0.4, 0.5) is 0 Å². The molecule has 2 N–H and O–H groups in total. The molecule has 0 fully saturated rings. The molecule has 0 aliphatic carbocycles. The molecule has 1 aromatic heterocycles. The van der Waals surface area contributed by atoms with Gasteiger partial charge in [-0.15, -0.1) is 0 Å². The summed E-state index contributed by atoms with van der Waals surface area (Å²) in [6, 6.07) is 4.04. The van der Waals surface area contributed by atoms with Gasteiger partial charge >= 0.3 is 0 Å². The maximum Gasteiger partial charge on any atom is 0.128 e. The second kappa shape index (κ2) is 6.56. The fourth-order valence-electron chi connectivity index (χ4n) is 2.01. The van der Waals surface area contributed by atoms with Crippen LogP contribution < -0.4 is 10.6 Å². The summed E-state index contributed by atoms with van der Waals surface area (Å²) in [6.07, 6.45) is 0.972. The number of nitrogens with zero attached hydrogens (tertiary/aromatic N) is 1. The van der Waals surface area contributed by atoms with Gasteiger partial charge in [0.15, 0.2) is 0 Å². The Morgan fingerprint density at radius 1 is 1.56 bits per heavy atom. The zero-order chi connectivity index (χ0) is 12.8. The van der Waals surface area contributed by atoms with Gasteiger partial charge in [-0.2, -0.15) is 0 Å². The average molecular weight is 251 g/mol. The smallest absolute Gasteiger partial charge is 0.128 e. The second-order valence-corrected chi connectivity index (χ2v) is 4.38. The molecule has 0 radical (unpaired) electrons. The average Bonchev–Trinajstić information content (AvgIpc) is 2.82. The summed E-state index contributed by atoms with van der Waals surface area (Å²) in [5.41, 5.74) is 0. The summed E-state index contributed by atoms with van der Waals surface area (Å²) in [5.74, 6) is 2.81. The molecule has 2 heterocycles. The number of nitrogens with one attached hydrogen (secondary N) is 2. The lowest BCUT2D eigenvalue weighted by Crippen LogP contribution is -2.42. The van der Waals surface area contributed by atoms with Crippen molar-refractivity contribution in [1.29, 1.82) is 0 Å². The normalized spacial score (nSPS) is 19.7. The molecule has 18 heavy (non-hydrogen) atoms. The Hall–Kier alpha value is -1.33. The topological polar surface area (TPSA) is 58.8 Å². The number of ether oxygens (including phenoxy) is 1. The molecule has 2 rings (SSSR count). The van der Waals surface area contributed by atoms with Gasteiger partial charge in [-0.1, -0.05) is 0 Å². The lowest BCUT2D eigenvalue weighted by atomic mass is 10.1. The van der Waals surface area contributed by atoms with Gasteiger partial charge in [0.05, 0.1) is 6.54 Å². The number of aliphatic imine (C=N–C) groups is 1. The Balaban J connectivity index is 1.95. The summed E-state index contributed by atoms with van der Waals surface area (Å²) in [5, 5.41) is 6.78. The van der Waals surface area contributed by atoms with E-state index < -0.39 is 0 Å². The van der Waals surface area contributed by atoms with Crippen molar-refractivity contribution in [3.05, 3.63) is 23.7 Å². The zero-order valence-electron chi connectivity index (χ0n) is 11.0. The molecular formula is C13H21N3O2. The predicted octanol–water partition coefficient (Wildman–Crippen LogP) is 1.26. The first-order chi connectivity index (χ1) is 8.81. The van der Waals surface area contributed by atoms with Crippen molar-refractivity contribution in [2.24, 2.45) is 4.99 Å². The van der Waals surface area contributed by atoms with Crippen LogP contribution in [0.3, 0.4) is 0 Å². The third-order valence-corrected chi connectivity index (χ3v) is 2.89. The Labute approximate surface area is 108 Å². The number of hydrogen-bond donors (Lipinski definition) is 2. The van der Waals surface area contributed by atoms with Crippen molar-refractivity contribution in [3.63, 3.8) is 0 Å². The Morgan fingerprint density at radius 2 is 2.44 bits per heavy atom. The maximum atomic E-state index is 5.67. The number of hydrogen-bond acceptors (Lipinski definition) is 5. The highest BCUT2D eigenvalue weighted by Gasteiger charge is 2.23. The Morgan fingerprint density at radius 3 is 3.17 bits per heavy atom. The van der Waals surface area contributed by atoms with Crippen molar-refractivity contribution in [1.82, 2.24) is 10.6 Å². The summed E-state index contributed by atoms with van der Waals surface area (Å²) in [6.45, 7) is 5.27. The standard InChI is InChI=1S/C13H21N3O2/c1-10-4-5-11(18-10)12-13(16-8-7-14-12)15-6-3-9-17-2/h4-5,12,14H,3,6-9H2,1-2H3,(H,15,16). The van der Waals surface area contributed by atoms with E-state index in [0.717, 1.165) is 50.0 Å². The molecule has 1 aliphatic heterocycles. The fourth-order valence-corrected chi connectivity index (χ4v) is 2.01. The molecule has 5 heteroatoms. The fraction of sp³-hybridized carbons (Fsp3) is 0.615. The van der Waals surface area contributed by atoms with E-state index in [0.29, 0.717) is 0 Å². The van der Waals surface area contributed by atoms with Crippen LogP contribution in [-0.2, 0) is 4.74 Å². The van der Waals surface area contributed by atoms with Crippen molar-refractivity contribution < 1.29 is 9.15 Å². The number of aryl methyl sites for hydroxylation is 1. The molecule has 0 saturated carbocycles. The lowest BCUT2D eigenvalue weighted by molar-refractivity contribution is 0.195. The predicted molar refractivity (Wildman–Crippen MR) is 71.0 cm³/mol. The molecule has 0 amide bonds. The van der Waals surface area contributed by atoms with Crippen LogP contribution in [0.1, 0.15) is 24.0 Å². The molecule has 5 nitrogen and oxygen atoms in total. The largest absolute Gasteiger partial charge is 0.464 e. The molecule has 0 saturated heterocycles. The Bertz CT molecular complexity index is 401. The second-order valence-electron chi connectivity index (χ2n) is 4.38. The van der Waals surface area contributed by atoms with Gasteiger partial charge in [0.1, 0.15) is 23.4 Å². The summed E-state index contributed by atoms with van der Waals surface area (Å²) in [7, 11) is 1.72. The van der Waals surface area contributed by atoms with E-state index in [1.807, 2.05) is 19.1 Å². The SMILES string of the molecule is COCCCNC1=NCCNC1c1ccc(C)o1. The third-order valence-electron chi connectivity index (χ3n) is 2.89. The molecule has 0 aromatic carbocycles. The van der Waals surface area contributed by atoms with Crippen LogP contribution in [0.15, 0.2) is 21.5 Å². The summed E-state index contributed by atoms with van der Waals surface area (Å²) >= 11 is 0. The molecule has 0 bridgehead atoms. The zero-order valence-corrected chi connectivity index (χ0v) is 11.0. The van der Waals surface area contributed by atoms with Gasteiger partial charge < -0.3 is 14.5 Å². The van der Waals surface area contributed by atoms with E-state index in [-0.39, 0.29) is 6.04 Å². The molecule has 1 aliphatic rings. The number of rotatable bonds is 5. The van der Waals surface area contributed by atoms with Gasteiger partial charge in [-0.3, -0.25) is 10.3 Å². The van der Waals surface area contributed by atoms with Crippen LogP contribution in [0.5, 0.6) is 0 Å². The first-order valence-electron chi connectivity index (χ1n) is 6.38. The van der Waals surface area contributed by atoms with E-state index in [1.165, 1.54) is 0 Å². The van der Waals surface area contributed by atoms with Crippen molar-refractivity contribution in [2.45, 2.75) is 19.4 Å². The van der Waals surface area contributed by atoms with Crippen LogP contribution >= 0.6 is 0 Å².